The highest BCUT2D eigenvalue weighted by Crippen LogP contribution is 2.44. The maximum absolute atomic E-state index is 12.2. The summed E-state index contributed by atoms with van der Waals surface area (Å²) in [6.07, 6.45) is 1.94. The van der Waals surface area contributed by atoms with Gasteiger partial charge in [0.15, 0.2) is 5.78 Å². The Morgan fingerprint density at radius 3 is 1.72 bits per heavy atom. The van der Waals surface area contributed by atoms with E-state index in [1.54, 1.807) is 0 Å². The molecule has 0 saturated heterocycles. The first-order chi connectivity index (χ1) is 8.47. The highest BCUT2D eigenvalue weighted by atomic mass is 28.4. The molecule has 0 fully saturated rings. The molecule has 0 aliphatic heterocycles. The minimum Gasteiger partial charge on any atom is -0.373 e. The van der Waals surface area contributed by atoms with Crippen molar-refractivity contribution in [3.63, 3.8) is 0 Å². The van der Waals surface area contributed by atoms with Crippen LogP contribution < -0.4 is 0 Å². The molecule has 0 aromatic rings. The Morgan fingerprint density at radius 1 is 1.11 bits per heavy atom. The number of rotatable bonds is 10. The van der Waals surface area contributed by atoms with Crippen molar-refractivity contribution in [3.05, 3.63) is 12.7 Å². The van der Waals surface area contributed by atoms with Gasteiger partial charge in [0.2, 0.25) is 0 Å². The zero-order valence-corrected chi connectivity index (χ0v) is 13.2. The fourth-order valence-corrected chi connectivity index (χ4v) is 5.12. The van der Waals surface area contributed by atoms with Gasteiger partial charge in [0.1, 0.15) is 0 Å². The maximum Gasteiger partial charge on any atom is 0.515 e. The summed E-state index contributed by atoms with van der Waals surface area (Å²) in [6.45, 7) is 14.4. The van der Waals surface area contributed by atoms with E-state index >= 15 is 0 Å². The van der Waals surface area contributed by atoms with Crippen LogP contribution in [0.5, 0.6) is 0 Å². The van der Waals surface area contributed by atoms with Gasteiger partial charge in [-0.15, -0.1) is 0 Å². The summed E-state index contributed by atoms with van der Waals surface area (Å²) in [7, 11) is -3.05. The summed E-state index contributed by atoms with van der Waals surface area (Å²) in [5, 5.41) is -0.767. The molecule has 0 N–H and O–H groups in total. The summed E-state index contributed by atoms with van der Waals surface area (Å²) in [5.74, 6) is -0.0768. The lowest BCUT2D eigenvalue weighted by Crippen LogP contribution is -2.58. The van der Waals surface area contributed by atoms with E-state index in [2.05, 4.69) is 6.58 Å². The first-order valence-electron chi connectivity index (χ1n) is 6.56. The Balaban J connectivity index is 5.58. The first kappa shape index (κ1) is 17.5. The zero-order chi connectivity index (χ0) is 14.2. The van der Waals surface area contributed by atoms with Crippen LogP contribution in [0.2, 0.25) is 5.04 Å². The molecular weight excluding hydrogens is 248 g/mol. The van der Waals surface area contributed by atoms with Crippen LogP contribution in [-0.2, 0) is 18.1 Å². The monoisotopic (exact) mass is 274 g/mol. The third-order valence-electron chi connectivity index (χ3n) is 3.12. The molecule has 0 amide bonds. The molecule has 0 aromatic carbocycles. The van der Waals surface area contributed by atoms with Crippen LogP contribution in [0.1, 0.15) is 41.0 Å². The molecule has 18 heavy (non-hydrogen) atoms. The predicted octanol–water partition coefficient (Wildman–Crippen LogP) is 2.96. The molecule has 0 saturated carbocycles. The Labute approximate surface area is 112 Å². The molecule has 5 heteroatoms. The average Bonchev–Trinajstić information content (AvgIpc) is 2.37. The molecule has 4 nitrogen and oxygen atoms in total. The minimum absolute atomic E-state index is 0.0768. The van der Waals surface area contributed by atoms with Gasteiger partial charge in [0, 0.05) is 19.8 Å². The summed E-state index contributed by atoms with van der Waals surface area (Å²) in [5.41, 5.74) is 0. The van der Waals surface area contributed by atoms with E-state index in [9.17, 15) is 4.79 Å². The van der Waals surface area contributed by atoms with Crippen molar-refractivity contribution in [2.45, 2.75) is 46.1 Å². The number of allylic oxidation sites excluding steroid dienone is 1. The van der Waals surface area contributed by atoms with Gasteiger partial charge in [0.05, 0.1) is 5.04 Å². The fraction of sp³-hybridized carbons (Fsp3) is 0.769. The topological polar surface area (TPSA) is 44.8 Å². The van der Waals surface area contributed by atoms with Gasteiger partial charge in [-0.3, -0.25) is 4.79 Å². The third-order valence-corrected chi connectivity index (χ3v) is 7.07. The second-order valence-electron chi connectivity index (χ2n) is 4.11. The summed E-state index contributed by atoms with van der Waals surface area (Å²) < 4.78 is 17.4. The average molecular weight is 274 g/mol. The van der Waals surface area contributed by atoms with Gasteiger partial charge >= 0.3 is 8.80 Å². The Bertz CT molecular complexity index is 263. The molecule has 0 aliphatic carbocycles. The smallest absolute Gasteiger partial charge is 0.373 e. The third kappa shape index (κ3) is 3.29. The summed E-state index contributed by atoms with van der Waals surface area (Å²) in [4.78, 5) is 12.2. The number of hydrogen-bond donors (Lipinski definition) is 0. The normalized spacial score (nSPS) is 15.2. The molecule has 0 aromatic heterocycles. The highest BCUT2D eigenvalue weighted by molar-refractivity contribution is 6.69. The zero-order valence-electron chi connectivity index (χ0n) is 12.2. The van der Waals surface area contributed by atoms with Crippen molar-refractivity contribution < 1.29 is 18.1 Å². The number of ketones is 1. The molecule has 0 bridgehead atoms. The van der Waals surface area contributed by atoms with Gasteiger partial charge in [-0.05, 0) is 40.2 Å². The summed E-state index contributed by atoms with van der Waals surface area (Å²) in [6, 6.07) is 0. The van der Waals surface area contributed by atoms with E-state index in [1.165, 1.54) is 6.08 Å². The van der Waals surface area contributed by atoms with Gasteiger partial charge in [-0.1, -0.05) is 13.5 Å². The minimum atomic E-state index is -3.05. The first-order valence-corrected chi connectivity index (χ1v) is 8.29. The molecule has 106 valence electrons. The van der Waals surface area contributed by atoms with Crippen LogP contribution in [-0.4, -0.2) is 34.4 Å². The number of hydrogen-bond acceptors (Lipinski definition) is 4. The Hall–Kier alpha value is -0.493. The molecule has 1 unspecified atom stereocenters. The van der Waals surface area contributed by atoms with Crippen LogP contribution in [0.25, 0.3) is 0 Å². The van der Waals surface area contributed by atoms with E-state index in [4.69, 9.17) is 13.3 Å². The lowest BCUT2D eigenvalue weighted by atomic mass is 10.0. The molecule has 0 heterocycles. The van der Waals surface area contributed by atoms with Gasteiger partial charge < -0.3 is 13.3 Å². The van der Waals surface area contributed by atoms with E-state index in [-0.39, 0.29) is 5.78 Å². The van der Waals surface area contributed by atoms with Crippen LogP contribution in [0.15, 0.2) is 12.7 Å². The lowest BCUT2D eigenvalue weighted by Gasteiger charge is -2.40. The standard InChI is InChI=1S/C13H26O4Si/c1-7-12(14)13(6,8-2)18(15-9-3,16-10-4)17-11-5/h7H,1,8-11H2,2-6H3. The Morgan fingerprint density at radius 2 is 1.50 bits per heavy atom. The molecule has 1 atom stereocenters. The largest absolute Gasteiger partial charge is 0.515 e. The van der Waals surface area contributed by atoms with Gasteiger partial charge in [0.25, 0.3) is 0 Å². The molecule has 0 spiro atoms. The van der Waals surface area contributed by atoms with Gasteiger partial charge in [-0.2, -0.15) is 0 Å². The van der Waals surface area contributed by atoms with Crippen LogP contribution >= 0.6 is 0 Å². The van der Waals surface area contributed by atoms with Gasteiger partial charge in [-0.25, -0.2) is 0 Å². The van der Waals surface area contributed by atoms with Crippen molar-refractivity contribution in [1.29, 1.82) is 0 Å². The Kier molecular flexibility index (Phi) is 7.62. The second kappa shape index (κ2) is 7.84. The molecular formula is C13H26O4Si. The molecule has 0 rings (SSSR count). The van der Waals surface area contributed by atoms with Crippen LogP contribution in [0.4, 0.5) is 0 Å². The van der Waals surface area contributed by atoms with Crippen molar-refractivity contribution >= 4 is 14.6 Å². The van der Waals surface area contributed by atoms with Crippen LogP contribution in [0, 0.1) is 0 Å². The van der Waals surface area contributed by atoms with E-state index in [0.29, 0.717) is 26.2 Å². The van der Waals surface area contributed by atoms with E-state index < -0.39 is 13.8 Å². The molecule has 0 aliphatic rings. The fourth-order valence-electron chi connectivity index (χ4n) is 1.94. The highest BCUT2D eigenvalue weighted by Gasteiger charge is 2.60. The predicted molar refractivity (Wildman–Crippen MR) is 74.5 cm³/mol. The SMILES string of the molecule is C=CC(=O)C(C)(CC)[Si](OCC)(OCC)OCC. The summed E-state index contributed by atoms with van der Waals surface area (Å²) >= 11 is 0. The number of carbonyl (C=O) groups excluding carboxylic acids is 1. The van der Waals surface area contributed by atoms with E-state index in [0.717, 1.165) is 0 Å². The molecule has 0 radical (unpaired) electrons. The lowest BCUT2D eigenvalue weighted by molar-refractivity contribution is -0.119. The van der Waals surface area contributed by atoms with Crippen molar-refractivity contribution in [2.24, 2.45) is 0 Å². The van der Waals surface area contributed by atoms with Crippen LogP contribution in [0.3, 0.4) is 0 Å². The van der Waals surface area contributed by atoms with Crippen molar-refractivity contribution in [2.75, 3.05) is 19.8 Å². The second-order valence-corrected chi connectivity index (χ2v) is 7.19. The van der Waals surface area contributed by atoms with Crippen molar-refractivity contribution in [1.82, 2.24) is 0 Å². The van der Waals surface area contributed by atoms with E-state index in [1.807, 2.05) is 34.6 Å². The number of carbonyl (C=O) groups is 1. The van der Waals surface area contributed by atoms with Crippen molar-refractivity contribution in [3.8, 4) is 0 Å². The quantitative estimate of drug-likeness (QED) is 0.454. The maximum atomic E-state index is 12.2.